The van der Waals surface area contributed by atoms with Crippen LogP contribution < -0.4 is 5.32 Å². The van der Waals surface area contributed by atoms with Gasteiger partial charge in [0, 0.05) is 12.2 Å². The van der Waals surface area contributed by atoms with Gasteiger partial charge in [0.1, 0.15) is 5.82 Å². The Bertz CT molecular complexity index is 550. The molecule has 2 rings (SSSR count). The molecule has 1 atom stereocenters. The van der Waals surface area contributed by atoms with Crippen LogP contribution in [0.3, 0.4) is 0 Å². The molecule has 5 heteroatoms. The van der Waals surface area contributed by atoms with Gasteiger partial charge < -0.3 is 5.32 Å². The molecule has 0 amide bonds. The molecule has 2 aromatic rings. The standard InChI is InChI=1S/C16H17F3N2/c1-12(7-8-13-5-3-2-4-6-13)21-15-10-9-14(11-20-15)16(17,18)19/h2-6,9-12H,7-8H2,1H3,(H,20,21)/t12-/m1/s1. The zero-order valence-corrected chi connectivity index (χ0v) is 11.7. The van der Waals surface area contributed by atoms with E-state index in [-0.39, 0.29) is 6.04 Å². The van der Waals surface area contributed by atoms with Crippen molar-refractivity contribution in [1.82, 2.24) is 4.98 Å². The Kier molecular flexibility index (Phi) is 4.83. The first-order chi connectivity index (χ1) is 9.95. The van der Waals surface area contributed by atoms with Crippen LogP contribution in [0.25, 0.3) is 0 Å². The summed E-state index contributed by atoms with van der Waals surface area (Å²) in [6, 6.07) is 12.6. The van der Waals surface area contributed by atoms with E-state index >= 15 is 0 Å². The number of rotatable bonds is 5. The van der Waals surface area contributed by atoms with Crippen molar-refractivity contribution in [3.05, 3.63) is 59.8 Å². The number of hydrogen-bond donors (Lipinski definition) is 1. The Morgan fingerprint density at radius 1 is 1.10 bits per heavy atom. The summed E-state index contributed by atoms with van der Waals surface area (Å²) in [4.78, 5) is 3.81. The largest absolute Gasteiger partial charge is 0.417 e. The molecule has 0 radical (unpaired) electrons. The number of anilines is 1. The van der Waals surface area contributed by atoms with Crippen molar-refractivity contribution in [2.24, 2.45) is 0 Å². The van der Waals surface area contributed by atoms with Gasteiger partial charge in [-0.15, -0.1) is 0 Å². The van der Waals surface area contributed by atoms with Crippen LogP contribution in [0.4, 0.5) is 19.0 Å². The molecule has 0 saturated heterocycles. The minimum atomic E-state index is -4.34. The molecule has 0 saturated carbocycles. The maximum absolute atomic E-state index is 12.4. The van der Waals surface area contributed by atoms with Gasteiger partial charge in [0.2, 0.25) is 0 Å². The van der Waals surface area contributed by atoms with Gasteiger partial charge in [-0.1, -0.05) is 30.3 Å². The molecule has 0 aliphatic heterocycles. The van der Waals surface area contributed by atoms with E-state index in [0.717, 1.165) is 25.1 Å². The minimum absolute atomic E-state index is 0.134. The maximum atomic E-state index is 12.4. The molecule has 21 heavy (non-hydrogen) atoms. The van der Waals surface area contributed by atoms with Gasteiger partial charge in [0.05, 0.1) is 5.56 Å². The average Bonchev–Trinajstić information content (AvgIpc) is 2.46. The van der Waals surface area contributed by atoms with Gasteiger partial charge in [-0.05, 0) is 37.5 Å². The Balaban J connectivity index is 1.86. The zero-order valence-electron chi connectivity index (χ0n) is 11.7. The van der Waals surface area contributed by atoms with E-state index in [2.05, 4.69) is 22.4 Å². The number of aromatic nitrogens is 1. The van der Waals surface area contributed by atoms with E-state index in [9.17, 15) is 13.2 Å². The fraction of sp³-hybridized carbons (Fsp3) is 0.312. The van der Waals surface area contributed by atoms with Gasteiger partial charge in [0.15, 0.2) is 0 Å². The van der Waals surface area contributed by atoms with Crippen LogP contribution in [-0.4, -0.2) is 11.0 Å². The number of benzene rings is 1. The summed E-state index contributed by atoms with van der Waals surface area (Å²) in [6.45, 7) is 1.99. The Morgan fingerprint density at radius 2 is 1.81 bits per heavy atom. The Hall–Kier alpha value is -2.04. The number of alkyl halides is 3. The summed E-state index contributed by atoms with van der Waals surface area (Å²) >= 11 is 0. The average molecular weight is 294 g/mol. The monoisotopic (exact) mass is 294 g/mol. The second kappa shape index (κ2) is 6.61. The Morgan fingerprint density at radius 3 is 2.38 bits per heavy atom. The van der Waals surface area contributed by atoms with E-state index in [1.165, 1.54) is 11.6 Å². The molecule has 1 aromatic heterocycles. The summed E-state index contributed by atoms with van der Waals surface area (Å²) in [6.07, 6.45) is -1.70. The van der Waals surface area contributed by atoms with Crippen LogP contribution in [-0.2, 0) is 12.6 Å². The molecule has 0 aliphatic rings. The van der Waals surface area contributed by atoms with E-state index in [0.29, 0.717) is 5.82 Å². The molecule has 0 unspecified atom stereocenters. The lowest BCUT2D eigenvalue weighted by molar-refractivity contribution is -0.137. The Labute approximate surface area is 122 Å². The highest BCUT2D eigenvalue weighted by molar-refractivity contribution is 5.37. The molecule has 2 nitrogen and oxygen atoms in total. The third-order valence-corrected chi connectivity index (χ3v) is 3.19. The van der Waals surface area contributed by atoms with Crippen LogP contribution in [0.1, 0.15) is 24.5 Å². The van der Waals surface area contributed by atoms with Gasteiger partial charge in [0.25, 0.3) is 0 Å². The summed E-state index contributed by atoms with van der Waals surface area (Å²) in [5.41, 5.74) is 0.511. The molecule has 0 fully saturated rings. The van der Waals surface area contributed by atoms with Crippen molar-refractivity contribution in [3.8, 4) is 0 Å². The topological polar surface area (TPSA) is 24.9 Å². The van der Waals surface area contributed by atoms with Gasteiger partial charge >= 0.3 is 6.18 Å². The van der Waals surface area contributed by atoms with Crippen LogP contribution in [0, 0.1) is 0 Å². The normalized spacial score (nSPS) is 13.0. The SMILES string of the molecule is C[C@H](CCc1ccccc1)Nc1ccc(C(F)(F)F)cn1. The van der Waals surface area contributed by atoms with Crippen molar-refractivity contribution < 1.29 is 13.2 Å². The second-order valence-corrected chi connectivity index (χ2v) is 5.00. The summed E-state index contributed by atoms with van der Waals surface area (Å²) in [5, 5.41) is 3.11. The van der Waals surface area contributed by atoms with E-state index in [1.807, 2.05) is 25.1 Å². The highest BCUT2D eigenvalue weighted by Gasteiger charge is 2.30. The molecule has 0 spiro atoms. The molecular weight excluding hydrogens is 277 g/mol. The smallest absolute Gasteiger partial charge is 0.368 e. The first-order valence-corrected chi connectivity index (χ1v) is 6.79. The lowest BCUT2D eigenvalue weighted by atomic mass is 10.1. The van der Waals surface area contributed by atoms with Crippen LogP contribution in [0.15, 0.2) is 48.7 Å². The van der Waals surface area contributed by atoms with Gasteiger partial charge in [-0.25, -0.2) is 4.98 Å². The van der Waals surface area contributed by atoms with Crippen LogP contribution >= 0.6 is 0 Å². The molecule has 1 aromatic carbocycles. The first kappa shape index (κ1) is 15.4. The third-order valence-electron chi connectivity index (χ3n) is 3.19. The number of hydrogen-bond acceptors (Lipinski definition) is 2. The molecule has 0 aliphatic carbocycles. The van der Waals surface area contributed by atoms with Gasteiger partial charge in [-0.2, -0.15) is 13.2 Å². The van der Waals surface area contributed by atoms with Crippen molar-refractivity contribution >= 4 is 5.82 Å². The lowest BCUT2D eigenvalue weighted by Crippen LogP contribution is -2.17. The summed E-state index contributed by atoms with van der Waals surface area (Å²) < 4.78 is 37.3. The number of nitrogens with zero attached hydrogens (tertiary/aromatic N) is 1. The fourth-order valence-electron chi connectivity index (χ4n) is 2.00. The van der Waals surface area contributed by atoms with Crippen molar-refractivity contribution in [2.45, 2.75) is 32.0 Å². The zero-order chi connectivity index (χ0) is 15.3. The number of nitrogens with one attached hydrogen (secondary N) is 1. The predicted molar refractivity (Wildman–Crippen MR) is 77.1 cm³/mol. The summed E-state index contributed by atoms with van der Waals surface area (Å²) in [5.74, 6) is 0.462. The molecular formula is C16H17F3N2. The van der Waals surface area contributed by atoms with Crippen LogP contribution in [0.2, 0.25) is 0 Å². The summed E-state index contributed by atoms with van der Waals surface area (Å²) in [7, 11) is 0. The number of halogens is 3. The molecule has 1 heterocycles. The van der Waals surface area contributed by atoms with E-state index in [4.69, 9.17) is 0 Å². The minimum Gasteiger partial charge on any atom is -0.368 e. The van der Waals surface area contributed by atoms with Crippen molar-refractivity contribution in [1.29, 1.82) is 0 Å². The molecule has 0 bridgehead atoms. The van der Waals surface area contributed by atoms with Crippen molar-refractivity contribution in [3.63, 3.8) is 0 Å². The number of pyridine rings is 1. The van der Waals surface area contributed by atoms with E-state index in [1.54, 1.807) is 0 Å². The predicted octanol–water partition coefficient (Wildman–Crippen LogP) is 4.53. The number of aryl methyl sites for hydroxylation is 1. The molecule has 1 N–H and O–H groups in total. The maximum Gasteiger partial charge on any atom is 0.417 e. The fourth-order valence-corrected chi connectivity index (χ4v) is 2.00. The highest BCUT2D eigenvalue weighted by Crippen LogP contribution is 2.28. The first-order valence-electron chi connectivity index (χ1n) is 6.79. The second-order valence-electron chi connectivity index (χ2n) is 5.00. The van der Waals surface area contributed by atoms with Crippen LogP contribution in [0.5, 0.6) is 0 Å². The molecule has 112 valence electrons. The quantitative estimate of drug-likeness (QED) is 0.876. The highest BCUT2D eigenvalue weighted by atomic mass is 19.4. The van der Waals surface area contributed by atoms with E-state index < -0.39 is 11.7 Å². The van der Waals surface area contributed by atoms with Crippen molar-refractivity contribution in [2.75, 3.05) is 5.32 Å². The third kappa shape index (κ3) is 4.77. The lowest BCUT2D eigenvalue weighted by Gasteiger charge is -2.15. The van der Waals surface area contributed by atoms with Gasteiger partial charge in [-0.3, -0.25) is 0 Å².